The number of aliphatic hydroxyl groups is 1. The maximum Gasteiger partial charge on any atom is 0.256 e. The summed E-state index contributed by atoms with van der Waals surface area (Å²) < 4.78 is 12.7. The Balaban J connectivity index is 1.76. The van der Waals surface area contributed by atoms with Crippen LogP contribution < -0.4 is 15.0 Å². The van der Waals surface area contributed by atoms with Crippen molar-refractivity contribution >= 4 is 23.8 Å². The Morgan fingerprint density at radius 2 is 1.93 bits per heavy atom. The molecule has 1 aromatic heterocycles. The number of amidine groups is 1. The maximum atomic E-state index is 13.2. The normalized spacial score (nSPS) is 14.4. The summed E-state index contributed by atoms with van der Waals surface area (Å²) in [6.07, 6.45) is 9.24. The second kappa shape index (κ2) is 18.5. The molecule has 2 heterocycles. The van der Waals surface area contributed by atoms with Crippen molar-refractivity contribution in [1.29, 1.82) is 0 Å². The van der Waals surface area contributed by atoms with Crippen LogP contribution in [0, 0.1) is 6.92 Å². The van der Waals surface area contributed by atoms with Crippen LogP contribution in [0.2, 0.25) is 0 Å². The van der Waals surface area contributed by atoms with Crippen molar-refractivity contribution in [2.45, 2.75) is 39.5 Å². The zero-order valence-electron chi connectivity index (χ0n) is 26.9. The summed E-state index contributed by atoms with van der Waals surface area (Å²) in [5, 5.41) is 12.1. The summed E-state index contributed by atoms with van der Waals surface area (Å²) >= 11 is 0. The molecule has 3 rings (SSSR count). The van der Waals surface area contributed by atoms with E-state index in [2.05, 4.69) is 21.8 Å². The van der Waals surface area contributed by atoms with Gasteiger partial charge in [-0.3, -0.25) is 14.2 Å². The fourth-order valence-corrected chi connectivity index (χ4v) is 5.07. The lowest BCUT2D eigenvalue weighted by atomic mass is 9.89. The van der Waals surface area contributed by atoms with Crippen LogP contribution in [0.3, 0.4) is 0 Å². The van der Waals surface area contributed by atoms with Crippen molar-refractivity contribution in [1.82, 2.24) is 14.8 Å². The predicted molar refractivity (Wildman–Crippen MR) is 180 cm³/mol. The third kappa shape index (κ3) is 11.0. The molecule has 1 fully saturated rings. The van der Waals surface area contributed by atoms with Crippen LogP contribution in [-0.2, 0) is 9.53 Å². The Morgan fingerprint density at radius 3 is 2.58 bits per heavy atom. The number of allylic oxidation sites excluding steroid dienone is 1. The van der Waals surface area contributed by atoms with E-state index in [1.54, 1.807) is 24.5 Å². The monoisotopic (exact) mass is 617 g/mol. The molecule has 1 amide bonds. The summed E-state index contributed by atoms with van der Waals surface area (Å²) in [4.78, 5) is 33.3. The number of nitrogens with zero attached hydrogens (tertiary/aromatic N) is 4. The quantitative estimate of drug-likeness (QED) is 0.135. The van der Waals surface area contributed by atoms with Crippen LogP contribution in [0.5, 0.6) is 5.75 Å². The van der Waals surface area contributed by atoms with Crippen molar-refractivity contribution in [3.63, 3.8) is 0 Å². The van der Waals surface area contributed by atoms with Crippen molar-refractivity contribution in [2.24, 2.45) is 4.99 Å². The number of hydrogen-bond acceptors (Lipinski definition) is 8. The van der Waals surface area contributed by atoms with Gasteiger partial charge >= 0.3 is 0 Å². The number of likely N-dealkylation sites (tertiary alicyclic amines) is 1. The van der Waals surface area contributed by atoms with Crippen LogP contribution in [0.15, 0.2) is 84.4 Å². The van der Waals surface area contributed by atoms with E-state index in [4.69, 9.17) is 9.47 Å². The molecular weight excluding hydrogens is 570 g/mol. The fraction of sp³-hybridized carbons (Fsp3) is 0.400. The first-order valence-corrected chi connectivity index (χ1v) is 15.4. The molecule has 0 radical (unpaired) electrons. The standard InChI is InChI=1S/C35H47N5O5/c1-6-36-34(37-35(43)31-12-10-29(11-13-31)30-14-17-39(18-15-30)19-20-41)24-28(4)38(5)32-9-8-16-40(26-42)25-33(27(3)23-32)45-22-21-44-7-2/h6,8-13,16,23-26,30,41H,1,7,14-15,17-22H2,2-5H3,(H,36,37,43)/b16-8?,27-23?,28-24+,32-9?,33-25?. The van der Waals surface area contributed by atoms with E-state index in [1.807, 2.05) is 69.1 Å². The Bertz CT molecular complexity index is 1390. The van der Waals surface area contributed by atoms with Crippen LogP contribution in [0.1, 0.15) is 54.1 Å². The lowest BCUT2D eigenvalue weighted by molar-refractivity contribution is 0.0977. The van der Waals surface area contributed by atoms with Gasteiger partial charge in [-0.1, -0.05) is 18.7 Å². The summed E-state index contributed by atoms with van der Waals surface area (Å²) in [5.41, 5.74) is 4.21. The van der Waals surface area contributed by atoms with Crippen molar-refractivity contribution < 1.29 is 24.2 Å². The molecule has 10 nitrogen and oxygen atoms in total. The lowest BCUT2D eigenvalue weighted by Crippen LogP contribution is -2.35. The average molecular weight is 618 g/mol. The third-order valence-electron chi connectivity index (χ3n) is 7.74. The first-order chi connectivity index (χ1) is 21.8. The third-order valence-corrected chi connectivity index (χ3v) is 7.74. The molecule has 10 heteroatoms. The number of amides is 1. The number of nitrogens with one attached hydrogen (secondary N) is 1. The Kier molecular flexibility index (Phi) is 14.5. The molecule has 242 valence electrons. The number of benzene rings is 1. The number of piperidine rings is 1. The van der Waals surface area contributed by atoms with Gasteiger partial charge in [0.15, 0.2) is 0 Å². The molecule has 1 saturated heterocycles. The SMILES string of the molecule is C=CN=C(/C=C(\C)N(C)c1cccn(C=O)cc(OCCOCC)c(C)c1)NC(=O)c1ccc(C2CCN(CCO)CC2)cc1. The van der Waals surface area contributed by atoms with E-state index in [1.165, 1.54) is 16.3 Å². The highest BCUT2D eigenvalue weighted by Crippen LogP contribution is 2.28. The Morgan fingerprint density at radius 1 is 1.20 bits per heavy atom. The van der Waals surface area contributed by atoms with Crippen molar-refractivity contribution in [3.05, 3.63) is 96.1 Å². The summed E-state index contributed by atoms with van der Waals surface area (Å²) in [7, 11) is 1.91. The average Bonchev–Trinajstić information content (AvgIpc) is 3.12. The van der Waals surface area contributed by atoms with E-state index in [9.17, 15) is 14.7 Å². The van der Waals surface area contributed by atoms with E-state index < -0.39 is 0 Å². The number of carbonyl (C=O) groups is 2. The van der Waals surface area contributed by atoms with Gasteiger partial charge in [-0.05, 0) is 94.1 Å². The molecule has 1 aliphatic heterocycles. The van der Waals surface area contributed by atoms with Crippen molar-refractivity contribution in [3.8, 4) is 5.75 Å². The first-order valence-electron chi connectivity index (χ1n) is 15.4. The predicted octanol–water partition coefficient (Wildman–Crippen LogP) is 4.86. The topological polar surface area (TPSA) is 109 Å². The number of carbonyl (C=O) groups excluding carboxylic acids is 2. The molecule has 0 saturated carbocycles. The van der Waals surface area contributed by atoms with E-state index in [-0.39, 0.29) is 12.5 Å². The van der Waals surface area contributed by atoms with Gasteiger partial charge in [-0.15, -0.1) is 0 Å². The van der Waals surface area contributed by atoms with Crippen LogP contribution in [-0.4, -0.2) is 85.8 Å². The summed E-state index contributed by atoms with van der Waals surface area (Å²) in [5.74, 6) is 1.09. The molecule has 1 aromatic carbocycles. The Labute approximate surface area is 267 Å². The minimum atomic E-state index is -0.264. The number of aliphatic imine (C=N–C) groups is 1. The maximum absolute atomic E-state index is 13.2. The highest BCUT2D eigenvalue weighted by Gasteiger charge is 2.20. The molecule has 2 aromatic rings. The molecule has 1 aliphatic rings. The number of hydrogen-bond donors (Lipinski definition) is 2. The number of rotatable bonds is 14. The number of aliphatic hydroxyl groups excluding tert-OH is 1. The number of aromatic nitrogens is 1. The molecule has 0 aliphatic carbocycles. The van der Waals surface area contributed by atoms with E-state index >= 15 is 0 Å². The number of ether oxygens (including phenoxy) is 2. The minimum Gasteiger partial charge on any atom is -0.489 e. The van der Waals surface area contributed by atoms with Gasteiger partial charge < -0.3 is 29.7 Å². The van der Waals surface area contributed by atoms with Crippen LogP contribution >= 0.6 is 0 Å². The van der Waals surface area contributed by atoms with Gasteiger partial charge in [0.25, 0.3) is 5.91 Å². The van der Waals surface area contributed by atoms with Gasteiger partial charge in [-0.25, -0.2) is 4.99 Å². The molecule has 0 atom stereocenters. The molecule has 0 unspecified atom stereocenters. The van der Waals surface area contributed by atoms with Crippen LogP contribution in [0.4, 0.5) is 5.69 Å². The second-order valence-corrected chi connectivity index (χ2v) is 10.8. The molecule has 0 spiro atoms. The first kappa shape index (κ1) is 35.2. The zero-order chi connectivity index (χ0) is 32.6. The molecule has 0 bridgehead atoms. The largest absolute Gasteiger partial charge is 0.489 e. The van der Waals surface area contributed by atoms with E-state index in [0.717, 1.165) is 49.4 Å². The lowest BCUT2D eigenvalue weighted by Gasteiger charge is -2.31. The van der Waals surface area contributed by atoms with E-state index in [0.29, 0.717) is 49.3 Å². The van der Waals surface area contributed by atoms with Gasteiger partial charge in [0.2, 0.25) is 6.41 Å². The number of β-amino-alcohol motifs (C(OH)–C–C–N with tert-alkyl or cyclic N) is 1. The Hall–Kier alpha value is -4.25. The second-order valence-electron chi connectivity index (χ2n) is 10.8. The smallest absolute Gasteiger partial charge is 0.256 e. The van der Waals surface area contributed by atoms with Gasteiger partial charge in [0.05, 0.1) is 19.4 Å². The molecule has 45 heavy (non-hydrogen) atoms. The summed E-state index contributed by atoms with van der Waals surface area (Å²) in [6, 6.07) is 13.4. The molecule has 2 N–H and O–H groups in total. The number of aryl methyl sites for hydroxylation is 1. The summed E-state index contributed by atoms with van der Waals surface area (Å²) in [6.45, 7) is 13.7. The molecular formula is C35H47N5O5. The minimum absolute atomic E-state index is 0.188. The van der Waals surface area contributed by atoms with Gasteiger partial charge in [-0.2, -0.15) is 0 Å². The number of anilines is 1. The van der Waals surface area contributed by atoms with Gasteiger partial charge in [0.1, 0.15) is 18.2 Å². The highest BCUT2D eigenvalue weighted by atomic mass is 16.5. The van der Waals surface area contributed by atoms with Gasteiger partial charge in [0, 0.05) is 55.6 Å². The van der Waals surface area contributed by atoms with Crippen LogP contribution in [0.25, 0.3) is 0 Å². The fourth-order valence-electron chi connectivity index (χ4n) is 5.07. The van der Waals surface area contributed by atoms with Crippen molar-refractivity contribution in [2.75, 3.05) is 58.0 Å². The zero-order valence-corrected chi connectivity index (χ0v) is 26.9. The highest BCUT2D eigenvalue weighted by molar-refractivity contribution is 6.10.